The molecule has 64 heavy (non-hydrogen) atoms. The Morgan fingerprint density at radius 1 is 0.328 bits per heavy atom. The zero-order valence-electron chi connectivity index (χ0n) is 36.2. The van der Waals surface area contributed by atoms with E-state index < -0.39 is 0 Å². The van der Waals surface area contributed by atoms with Gasteiger partial charge < -0.3 is 9.80 Å². The maximum atomic E-state index is 2.64. The van der Waals surface area contributed by atoms with E-state index in [-0.39, 0.29) is 6.71 Å². The van der Waals surface area contributed by atoms with Gasteiger partial charge in [0.05, 0.1) is 0 Å². The first kappa shape index (κ1) is 37.2. The monoisotopic (exact) mass is 818 g/mol. The summed E-state index contributed by atoms with van der Waals surface area (Å²) in [5.41, 5.74) is 28.8. The number of rotatable bonds is 6. The van der Waals surface area contributed by atoms with Crippen molar-refractivity contribution in [3.63, 3.8) is 0 Å². The standard InChI is InChI=1S/C61H47BN2/c1-40-28-59-61-60(29-40)64(54-34-51(43-20-10-4-11-21-43)31-52(35-54)44-22-12-5-13-23-44)58-39-48-27-15-25-46(48)37-56(58)62(61)55-36-45-24-14-26-47(45)38-57(55)63(59)53-32-49(41-16-6-2-7-17-41)30-50(33-53)42-18-8-3-9-19-42/h2-13,16-23,28-39H,14-15,24-27H2,1H3. The van der Waals surface area contributed by atoms with E-state index in [1.54, 1.807) is 0 Å². The van der Waals surface area contributed by atoms with Crippen molar-refractivity contribution in [1.82, 2.24) is 0 Å². The smallest absolute Gasteiger partial charge is 0.252 e. The average molecular weight is 819 g/mol. The number of nitrogens with zero attached hydrogens (tertiary/aromatic N) is 2. The largest absolute Gasteiger partial charge is 0.311 e. The van der Waals surface area contributed by atoms with Crippen LogP contribution in [-0.4, -0.2) is 6.71 Å². The number of anilines is 6. The van der Waals surface area contributed by atoms with Gasteiger partial charge in [-0.15, -0.1) is 0 Å². The quantitative estimate of drug-likeness (QED) is 0.154. The van der Waals surface area contributed by atoms with Crippen molar-refractivity contribution in [2.24, 2.45) is 0 Å². The lowest BCUT2D eigenvalue weighted by atomic mass is 9.33. The molecule has 2 aliphatic carbocycles. The fraction of sp³-hybridized carbons (Fsp3) is 0.115. The van der Waals surface area contributed by atoms with Crippen LogP contribution in [0.3, 0.4) is 0 Å². The Kier molecular flexibility index (Phi) is 8.66. The van der Waals surface area contributed by atoms with Gasteiger partial charge >= 0.3 is 0 Å². The van der Waals surface area contributed by atoms with Gasteiger partial charge in [-0.1, -0.05) is 133 Å². The summed E-state index contributed by atoms with van der Waals surface area (Å²) in [6.07, 6.45) is 6.96. The summed E-state index contributed by atoms with van der Waals surface area (Å²) in [7, 11) is 0. The Morgan fingerprint density at radius 2 is 0.656 bits per heavy atom. The van der Waals surface area contributed by atoms with Crippen molar-refractivity contribution in [2.75, 3.05) is 9.80 Å². The summed E-state index contributed by atoms with van der Waals surface area (Å²) in [4.78, 5) is 5.28. The summed E-state index contributed by atoms with van der Waals surface area (Å²) < 4.78 is 0. The lowest BCUT2D eigenvalue weighted by Crippen LogP contribution is -2.61. The molecule has 0 saturated heterocycles. The second kappa shape index (κ2) is 14.9. The third-order valence-electron chi connectivity index (χ3n) is 14.4. The molecule has 304 valence electrons. The molecular weight excluding hydrogens is 771 g/mol. The third kappa shape index (κ3) is 6.09. The molecule has 0 radical (unpaired) electrons. The maximum Gasteiger partial charge on any atom is 0.252 e. The van der Waals surface area contributed by atoms with Crippen LogP contribution in [0.5, 0.6) is 0 Å². The molecule has 3 heteroatoms. The van der Waals surface area contributed by atoms with Gasteiger partial charge in [0, 0.05) is 34.1 Å². The molecule has 0 aromatic heterocycles. The van der Waals surface area contributed by atoms with E-state index in [1.807, 2.05) is 0 Å². The van der Waals surface area contributed by atoms with Gasteiger partial charge in [0.1, 0.15) is 0 Å². The normalized spacial score (nSPS) is 14.2. The molecule has 0 saturated carbocycles. The fourth-order valence-corrected chi connectivity index (χ4v) is 11.5. The van der Waals surface area contributed by atoms with Crippen molar-refractivity contribution >= 4 is 57.2 Å². The molecule has 2 nitrogen and oxygen atoms in total. The Hall–Kier alpha value is -7.36. The summed E-state index contributed by atoms with van der Waals surface area (Å²) in [5, 5.41) is 0. The zero-order valence-corrected chi connectivity index (χ0v) is 36.2. The highest BCUT2D eigenvalue weighted by Crippen LogP contribution is 2.48. The highest BCUT2D eigenvalue weighted by molar-refractivity contribution is 7.00. The molecule has 0 unspecified atom stereocenters. The molecule has 0 amide bonds. The van der Waals surface area contributed by atoms with Crippen molar-refractivity contribution in [3.8, 4) is 44.5 Å². The molecular formula is C61H47BN2. The molecule has 13 rings (SSSR count). The van der Waals surface area contributed by atoms with E-state index in [4.69, 9.17) is 0 Å². The minimum atomic E-state index is 0.0942. The van der Waals surface area contributed by atoms with Crippen molar-refractivity contribution in [3.05, 3.63) is 222 Å². The molecule has 0 spiro atoms. The number of hydrogen-bond acceptors (Lipinski definition) is 2. The number of aryl methyl sites for hydroxylation is 5. The van der Waals surface area contributed by atoms with Crippen LogP contribution in [0.25, 0.3) is 44.5 Å². The average Bonchev–Trinajstić information content (AvgIpc) is 4.02. The molecule has 9 aromatic carbocycles. The predicted octanol–water partition coefficient (Wildman–Crippen LogP) is 13.7. The summed E-state index contributed by atoms with van der Waals surface area (Å²) in [5.74, 6) is 0. The van der Waals surface area contributed by atoms with Crippen molar-refractivity contribution < 1.29 is 0 Å². The molecule has 4 aliphatic rings. The lowest BCUT2D eigenvalue weighted by Gasteiger charge is -2.45. The highest BCUT2D eigenvalue weighted by atomic mass is 15.2. The van der Waals surface area contributed by atoms with Gasteiger partial charge in [0.15, 0.2) is 0 Å². The van der Waals surface area contributed by atoms with Gasteiger partial charge in [0.2, 0.25) is 0 Å². The van der Waals surface area contributed by atoms with E-state index in [0.29, 0.717) is 0 Å². The van der Waals surface area contributed by atoms with Gasteiger partial charge in [0.25, 0.3) is 6.71 Å². The van der Waals surface area contributed by atoms with Crippen LogP contribution in [0.15, 0.2) is 194 Å². The number of hydrogen-bond donors (Lipinski definition) is 0. The Labute approximate surface area is 377 Å². The first-order valence-corrected chi connectivity index (χ1v) is 23.2. The lowest BCUT2D eigenvalue weighted by molar-refractivity contribution is 0.912. The van der Waals surface area contributed by atoms with E-state index in [0.717, 1.165) is 25.7 Å². The van der Waals surface area contributed by atoms with Gasteiger partial charge in [-0.3, -0.25) is 0 Å². The van der Waals surface area contributed by atoms with Crippen LogP contribution in [0, 0.1) is 6.92 Å². The van der Waals surface area contributed by atoms with Crippen molar-refractivity contribution in [2.45, 2.75) is 45.4 Å². The molecule has 2 heterocycles. The highest BCUT2D eigenvalue weighted by Gasteiger charge is 2.45. The van der Waals surface area contributed by atoms with E-state index in [1.165, 1.54) is 136 Å². The van der Waals surface area contributed by atoms with Crippen molar-refractivity contribution in [1.29, 1.82) is 0 Å². The fourth-order valence-electron chi connectivity index (χ4n) is 11.5. The van der Waals surface area contributed by atoms with E-state index >= 15 is 0 Å². The molecule has 0 atom stereocenters. The molecule has 0 N–H and O–H groups in total. The molecule has 9 aromatic rings. The van der Waals surface area contributed by atoms with E-state index in [2.05, 4.69) is 211 Å². The Balaban J connectivity index is 1.11. The van der Waals surface area contributed by atoms with Crippen LogP contribution >= 0.6 is 0 Å². The Bertz CT molecular complexity index is 2950. The van der Waals surface area contributed by atoms with E-state index in [9.17, 15) is 0 Å². The topological polar surface area (TPSA) is 6.48 Å². The van der Waals surface area contributed by atoms with Gasteiger partial charge in [-0.25, -0.2) is 0 Å². The molecule has 0 bridgehead atoms. The summed E-state index contributed by atoms with van der Waals surface area (Å²) in [6.45, 7) is 2.39. The maximum absolute atomic E-state index is 2.64. The van der Waals surface area contributed by atoms with Gasteiger partial charge in [-0.2, -0.15) is 0 Å². The number of benzene rings is 9. The SMILES string of the molecule is Cc1cc2c3c(c1)N(c1cc(-c4ccccc4)cc(-c4ccccc4)c1)c1cc4c(cc1B3c1cc3c(cc1N2c1cc(-c2ccccc2)cc(-c2ccccc2)c1)CCC3)CCC4. The predicted molar refractivity (Wildman–Crippen MR) is 271 cm³/mol. The molecule has 2 aliphatic heterocycles. The minimum absolute atomic E-state index is 0.0942. The zero-order chi connectivity index (χ0) is 42.3. The molecule has 0 fully saturated rings. The van der Waals surface area contributed by atoms with Gasteiger partial charge in [-0.05, 0) is 195 Å². The second-order valence-corrected chi connectivity index (χ2v) is 18.4. The van der Waals surface area contributed by atoms with Crippen LogP contribution in [-0.2, 0) is 25.7 Å². The number of fused-ring (bicyclic) bond motifs is 6. The van der Waals surface area contributed by atoms with Crippen LogP contribution in [0.2, 0.25) is 0 Å². The first-order valence-electron chi connectivity index (χ1n) is 23.2. The van der Waals surface area contributed by atoms with Crippen LogP contribution in [0.4, 0.5) is 34.1 Å². The van der Waals surface area contributed by atoms with Crippen LogP contribution < -0.4 is 26.2 Å². The minimum Gasteiger partial charge on any atom is -0.311 e. The third-order valence-corrected chi connectivity index (χ3v) is 14.4. The van der Waals surface area contributed by atoms with Crippen LogP contribution in [0.1, 0.15) is 40.7 Å². The first-order chi connectivity index (χ1) is 31.6. The summed E-state index contributed by atoms with van der Waals surface area (Å²) >= 11 is 0. The second-order valence-electron chi connectivity index (χ2n) is 18.4. The Morgan fingerprint density at radius 3 is 1.00 bits per heavy atom. The summed E-state index contributed by atoms with van der Waals surface area (Å²) in [6, 6.07) is 73.5.